The normalized spacial score (nSPS) is 26.3. The lowest BCUT2D eigenvalue weighted by molar-refractivity contribution is -0.125. The fraction of sp³-hybridized carbons (Fsp3) is 0.750. The Labute approximate surface area is 111 Å². The van der Waals surface area contributed by atoms with Crippen LogP contribution < -0.4 is 10.6 Å². The van der Waals surface area contributed by atoms with Gasteiger partial charge < -0.3 is 10.6 Å². The maximum Gasteiger partial charge on any atom is 0.240 e. The quantitative estimate of drug-likeness (QED) is 0.804. The molecule has 0 spiro atoms. The number of amides is 2. The number of carbonyl (C=O) groups excluding carboxylic acids is 2. The SMILES string of the molecule is CC(C)(C)N=C1NC(=O)C(CC(=O)NC2CC2)S1. The van der Waals surface area contributed by atoms with Crippen molar-refractivity contribution in [1.82, 2.24) is 10.6 Å². The number of hydrogen-bond acceptors (Lipinski definition) is 4. The van der Waals surface area contributed by atoms with Crippen molar-refractivity contribution in [3.05, 3.63) is 0 Å². The van der Waals surface area contributed by atoms with Crippen LogP contribution in [0, 0.1) is 0 Å². The molecule has 1 aliphatic carbocycles. The van der Waals surface area contributed by atoms with Crippen LogP contribution in [-0.4, -0.2) is 33.8 Å². The number of thioether (sulfide) groups is 1. The van der Waals surface area contributed by atoms with Crippen LogP contribution in [0.5, 0.6) is 0 Å². The summed E-state index contributed by atoms with van der Waals surface area (Å²) in [5.41, 5.74) is -0.221. The van der Waals surface area contributed by atoms with E-state index in [2.05, 4.69) is 15.6 Å². The van der Waals surface area contributed by atoms with Gasteiger partial charge in [0, 0.05) is 12.5 Å². The first kappa shape index (κ1) is 13.4. The number of aliphatic imine (C=N–C) groups is 1. The van der Waals surface area contributed by atoms with E-state index >= 15 is 0 Å². The second-order valence-corrected chi connectivity index (χ2v) is 6.92. The van der Waals surface area contributed by atoms with Crippen molar-refractivity contribution in [2.24, 2.45) is 4.99 Å². The van der Waals surface area contributed by atoms with Crippen LogP contribution in [-0.2, 0) is 9.59 Å². The third-order valence-electron chi connectivity index (χ3n) is 2.53. The van der Waals surface area contributed by atoms with E-state index in [9.17, 15) is 9.59 Å². The summed E-state index contributed by atoms with van der Waals surface area (Å²) >= 11 is 1.35. The van der Waals surface area contributed by atoms with Gasteiger partial charge in [0.05, 0.1) is 5.54 Å². The van der Waals surface area contributed by atoms with E-state index in [0.29, 0.717) is 11.2 Å². The van der Waals surface area contributed by atoms with Gasteiger partial charge in [-0.3, -0.25) is 14.6 Å². The van der Waals surface area contributed by atoms with Gasteiger partial charge >= 0.3 is 0 Å². The van der Waals surface area contributed by atoms with Crippen molar-refractivity contribution < 1.29 is 9.59 Å². The van der Waals surface area contributed by atoms with Crippen LogP contribution >= 0.6 is 11.8 Å². The van der Waals surface area contributed by atoms with Gasteiger partial charge in [-0.15, -0.1) is 0 Å². The van der Waals surface area contributed by atoms with E-state index in [1.54, 1.807) is 0 Å². The number of hydrogen-bond donors (Lipinski definition) is 2. The van der Waals surface area contributed by atoms with Crippen LogP contribution in [0.4, 0.5) is 0 Å². The van der Waals surface area contributed by atoms with Crippen LogP contribution in [0.15, 0.2) is 4.99 Å². The molecule has 100 valence electrons. The summed E-state index contributed by atoms with van der Waals surface area (Å²) in [4.78, 5) is 27.8. The summed E-state index contributed by atoms with van der Waals surface area (Å²) in [6.07, 6.45) is 2.36. The monoisotopic (exact) mass is 269 g/mol. The summed E-state index contributed by atoms with van der Waals surface area (Å²) in [5, 5.41) is 5.90. The molecule has 1 aliphatic heterocycles. The van der Waals surface area contributed by atoms with E-state index in [1.807, 2.05) is 20.8 Å². The third-order valence-corrected chi connectivity index (χ3v) is 3.61. The topological polar surface area (TPSA) is 70.6 Å². The number of nitrogens with one attached hydrogen (secondary N) is 2. The lowest BCUT2D eigenvalue weighted by atomic mass is 10.1. The number of carbonyl (C=O) groups is 2. The molecule has 0 aromatic carbocycles. The predicted octanol–water partition coefficient (Wildman–Crippen LogP) is 1.04. The van der Waals surface area contributed by atoms with Crippen LogP contribution in [0.2, 0.25) is 0 Å². The predicted molar refractivity (Wildman–Crippen MR) is 72.5 cm³/mol. The summed E-state index contributed by atoms with van der Waals surface area (Å²) in [6.45, 7) is 5.92. The Morgan fingerprint density at radius 1 is 1.50 bits per heavy atom. The lowest BCUT2D eigenvalue weighted by Crippen LogP contribution is -2.32. The van der Waals surface area contributed by atoms with Crippen molar-refractivity contribution in [2.75, 3.05) is 0 Å². The van der Waals surface area contributed by atoms with Gasteiger partial charge in [0.25, 0.3) is 0 Å². The standard InChI is InChI=1S/C12H19N3O2S/c1-12(2,3)15-11-14-10(17)8(18-11)6-9(16)13-7-4-5-7/h7-8H,4-6H2,1-3H3,(H,13,16)(H,14,15,17). The molecule has 5 nitrogen and oxygen atoms in total. The highest BCUT2D eigenvalue weighted by Crippen LogP contribution is 2.25. The van der Waals surface area contributed by atoms with Crippen molar-refractivity contribution in [1.29, 1.82) is 0 Å². The Balaban J connectivity index is 1.88. The average Bonchev–Trinajstić information content (AvgIpc) is 2.91. The molecule has 2 rings (SSSR count). The Kier molecular flexibility index (Phi) is 3.66. The van der Waals surface area contributed by atoms with Crippen molar-refractivity contribution in [3.63, 3.8) is 0 Å². The van der Waals surface area contributed by atoms with Crippen molar-refractivity contribution in [3.8, 4) is 0 Å². The number of rotatable bonds is 3. The molecule has 6 heteroatoms. The summed E-state index contributed by atoms with van der Waals surface area (Å²) < 4.78 is 0. The van der Waals surface area contributed by atoms with E-state index < -0.39 is 0 Å². The molecule has 1 unspecified atom stereocenters. The van der Waals surface area contributed by atoms with Crippen LogP contribution in [0.25, 0.3) is 0 Å². The van der Waals surface area contributed by atoms with Crippen LogP contribution in [0.1, 0.15) is 40.0 Å². The Morgan fingerprint density at radius 3 is 2.72 bits per heavy atom. The minimum atomic E-state index is -0.343. The van der Waals surface area contributed by atoms with E-state index in [4.69, 9.17) is 0 Å². The second kappa shape index (κ2) is 4.91. The van der Waals surface area contributed by atoms with Gasteiger partial charge in [0.2, 0.25) is 11.8 Å². The van der Waals surface area contributed by atoms with Crippen LogP contribution in [0.3, 0.4) is 0 Å². The fourth-order valence-corrected chi connectivity index (χ4v) is 2.74. The van der Waals surface area contributed by atoms with Gasteiger partial charge in [0.15, 0.2) is 5.17 Å². The van der Waals surface area contributed by atoms with Crippen molar-refractivity contribution >= 4 is 28.7 Å². The molecule has 0 aromatic rings. The highest BCUT2D eigenvalue weighted by molar-refractivity contribution is 8.15. The first-order valence-electron chi connectivity index (χ1n) is 6.20. The molecule has 0 aromatic heterocycles. The molecular weight excluding hydrogens is 250 g/mol. The summed E-state index contributed by atoms with van der Waals surface area (Å²) in [6, 6.07) is 0.342. The van der Waals surface area contributed by atoms with Crippen molar-refractivity contribution in [2.45, 2.75) is 56.9 Å². The molecule has 1 saturated heterocycles. The Hall–Kier alpha value is -1.04. The Morgan fingerprint density at radius 2 is 2.17 bits per heavy atom. The Bertz CT molecular complexity index is 397. The largest absolute Gasteiger partial charge is 0.353 e. The number of amidine groups is 1. The van der Waals surface area contributed by atoms with E-state index in [1.165, 1.54) is 11.8 Å². The molecule has 1 saturated carbocycles. The lowest BCUT2D eigenvalue weighted by Gasteiger charge is -2.12. The average molecular weight is 269 g/mol. The molecule has 0 bridgehead atoms. The smallest absolute Gasteiger partial charge is 0.240 e. The maximum atomic E-state index is 11.7. The maximum absolute atomic E-state index is 11.7. The summed E-state index contributed by atoms with van der Waals surface area (Å²) in [7, 11) is 0. The minimum Gasteiger partial charge on any atom is -0.353 e. The zero-order valence-electron chi connectivity index (χ0n) is 10.9. The van der Waals surface area contributed by atoms with Gasteiger partial charge in [-0.05, 0) is 33.6 Å². The first-order chi connectivity index (χ1) is 8.33. The highest BCUT2D eigenvalue weighted by atomic mass is 32.2. The molecular formula is C12H19N3O2S. The molecule has 2 N–H and O–H groups in total. The second-order valence-electron chi connectivity index (χ2n) is 5.73. The fourth-order valence-electron chi connectivity index (χ4n) is 1.58. The molecule has 18 heavy (non-hydrogen) atoms. The molecule has 2 fully saturated rings. The van der Waals surface area contributed by atoms with Gasteiger partial charge in [0.1, 0.15) is 5.25 Å². The molecule has 0 radical (unpaired) electrons. The van der Waals surface area contributed by atoms with E-state index in [0.717, 1.165) is 12.8 Å². The zero-order valence-corrected chi connectivity index (χ0v) is 11.8. The van der Waals surface area contributed by atoms with E-state index in [-0.39, 0.29) is 29.0 Å². The molecule has 1 atom stereocenters. The van der Waals surface area contributed by atoms with Gasteiger partial charge in [-0.1, -0.05) is 11.8 Å². The molecule has 2 aliphatic rings. The highest BCUT2D eigenvalue weighted by Gasteiger charge is 2.34. The zero-order chi connectivity index (χ0) is 13.3. The van der Waals surface area contributed by atoms with Gasteiger partial charge in [-0.2, -0.15) is 0 Å². The number of nitrogens with zero attached hydrogens (tertiary/aromatic N) is 1. The molecule has 1 heterocycles. The first-order valence-corrected chi connectivity index (χ1v) is 7.08. The summed E-state index contributed by atoms with van der Waals surface area (Å²) in [5.74, 6) is -0.156. The third kappa shape index (κ3) is 4.01. The minimum absolute atomic E-state index is 0.0397. The van der Waals surface area contributed by atoms with Gasteiger partial charge in [-0.25, -0.2) is 0 Å². The molecule has 2 amide bonds.